The van der Waals surface area contributed by atoms with Crippen molar-refractivity contribution in [2.45, 2.75) is 45.6 Å². The van der Waals surface area contributed by atoms with Crippen molar-refractivity contribution in [3.63, 3.8) is 0 Å². The van der Waals surface area contributed by atoms with E-state index in [9.17, 15) is 4.79 Å². The molecule has 0 saturated carbocycles. The number of carbonyl (C=O) groups excluding carboxylic acids is 1. The Kier molecular flexibility index (Phi) is 4.18. The zero-order chi connectivity index (χ0) is 11.4. The molecule has 1 saturated heterocycles. The third-order valence-electron chi connectivity index (χ3n) is 3.13. The van der Waals surface area contributed by atoms with E-state index >= 15 is 0 Å². The lowest BCUT2D eigenvalue weighted by Crippen LogP contribution is -2.39. The van der Waals surface area contributed by atoms with E-state index < -0.39 is 0 Å². The van der Waals surface area contributed by atoms with E-state index in [1.807, 2.05) is 11.8 Å². The quantitative estimate of drug-likeness (QED) is 0.753. The molecule has 0 bridgehead atoms. The lowest BCUT2D eigenvalue weighted by Gasteiger charge is -2.27. The third kappa shape index (κ3) is 2.74. The minimum atomic E-state index is 0.0411. The Hall–Kier alpha value is -0.990. The molecule has 0 aliphatic carbocycles. The molecule has 0 unspecified atom stereocenters. The maximum atomic E-state index is 11.8. The number of hydrogen-bond acceptors (Lipinski definition) is 2. The van der Waals surface area contributed by atoms with Crippen LogP contribution in [0.15, 0.2) is 12.3 Å². The highest BCUT2D eigenvalue weighted by Gasteiger charge is 2.33. The zero-order valence-electron chi connectivity index (χ0n) is 9.83. The van der Waals surface area contributed by atoms with Crippen LogP contribution < -0.4 is 5.73 Å². The van der Waals surface area contributed by atoms with Crippen molar-refractivity contribution < 1.29 is 4.79 Å². The first-order valence-electron chi connectivity index (χ1n) is 5.83. The maximum Gasteiger partial charge on any atom is 0.223 e. The first-order valence-corrected chi connectivity index (χ1v) is 5.83. The second kappa shape index (κ2) is 5.19. The number of nitrogens with two attached hydrogens (primary N) is 1. The van der Waals surface area contributed by atoms with Crippen LogP contribution in [0.3, 0.4) is 0 Å². The molecule has 0 spiro atoms. The van der Waals surface area contributed by atoms with Gasteiger partial charge in [0.05, 0.1) is 6.04 Å². The van der Waals surface area contributed by atoms with Crippen molar-refractivity contribution >= 4 is 5.91 Å². The van der Waals surface area contributed by atoms with Gasteiger partial charge in [-0.25, -0.2) is 0 Å². The first-order chi connectivity index (χ1) is 7.10. The van der Waals surface area contributed by atoms with Gasteiger partial charge in [0, 0.05) is 18.7 Å². The number of likely N-dealkylation sites (tertiary alicyclic amines) is 1. The molecule has 1 aliphatic heterocycles. The molecule has 2 atom stereocenters. The Morgan fingerprint density at radius 2 is 2.33 bits per heavy atom. The summed E-state index contributed by atoms with van der Waals surface area (Å²) >= 11 is 0. The smallest absolute Gasteiger partial charge is 0.223 e. The molecule has 1 heterocycles. The van der Waals surface area contributed by atoms with Crippen LogP contribution in [0, 0.1) is 5.92 Å². The van der Waals surface area contributed by atoms with Crippen LogP contribution in [0.5, 0.6) is 0 Å². The molecule has 3 nitrogen and oxygen atoms in total. The number of rotatable bonds is 5. The summed E-state index contributed by atoms with van der Waals surface area (Å²) in [6.45, 7) is 8.83. The molecule has 2 N–H and O–H groups in total. The molecule has 0 radical (unpaired) electrons. The SMILES string of the molecule is C=C(N)[C@H](CC)N1C[C@H](CCC)CC1=O. The highest BCUT2D eigenvalue weighted by Crippen LogP contribution is 2.26. The predicted molar refractivity (Wildman–Crippen MR) is 62.1 cm³/mol. The van der Waals surface area contributed by atoms with Crippen LogP contribution in [0.1, 0.15) is 39.5 Å². The molecular weight excluding hydrogens is 188 g/mol. The second-order valence-electron chi connectivity index (χ2n) is 4.40. The van der Waals surface area contributed by atoms with E-state index in [0.717, 1.165) is 25.8 Å². The fourth-order valence-electron chi connectivity index (χ4n) is 2.39. The predicted octanol–water partition coefficient (Wildman–Crippen LogP) is 1.89. The maximum absolute atomic E-state index is 11.8. The number of amides is 1. The van der Waals surface area contributed by atoms with Gasteiger partial charge in [-0.15, -0.1) is 0 Å². The molecule has 0 aromatic heterocycles. The van der Waals surface area contributed by atoms with Crippen molar-refractivity contribution in [2.75, 3.05) is 6.54 Å². The molecule has 1 fully saturated rings. The van der Waals surface area contributed by atoms with Gasteiger partial charge in [0.2, 0.25) is 5.91 Å². The minimum absolute atomic E-state index is 0.0411. The molecule has 3 heteroatoms. The van der Waals surface area contributed by atoms with Gasteiger partial charge in [-0.05, 0) is 18.8 Å². The summed E-state index contributed by atoms with van der Waals surface area (Å²) in [5.74, 6) is 0.766. The molecule has 15 heavy (non-hydrogen) atoms. The molecule has 1 rings (SSSR count). The third-order valence-corrected chi connectivity index (χ3v) is 3.13. The average Bonchev–Trinajstić information content (AvgIpc) is 2.49. The number of carbonyl (C=O) groups is 1. The standard InChI is InChI=1S/C12H22N2O/c1-4-6-10-7-12(15)14(8-10)11(5-2)9(3)13/h10-11H,3-8,13H2,1-2H3/t10-,11+/m1/s1. The van der Waals surface area contributed by atoms with Gasteiger partial charge in [0.15, 0.2) is 0 Å². The van der Waals surface area contributed by atoms with Gasteiger partial charge in [-0.2, -0.15) is 0 Å². The zero-order valence-corrected chi connectivity index (χ0v) is 9.83. The van der Waals surface area contributed by atoms with Crippen molar-refractivity contribution in [3.8, 4) is 0 Å². The Morgan fingerprint density at radius 1 is 1.67 bits per heavy atom. The summed E-state index contributed by atoms with van der Waals surface area (Å²) in [6.07, 6.45) is 3.83. The summed E-state index contributed by atoms with van der Waals surface area (Å²) in [6, 6.07) is 0.0411. The highest BCUT2D eigenvalue weighted by molar-refractivity contribution is 5.79. The molecular formula is C12H22N2O. The van der Waals surface area contributed by atoms with Crippen LogP contribution in [-0.2, 0) is 4.79 Å². The van der Waals surface area contributed by atoms with Crippen LogP contribution >= 0.6 is 0 Å². The molecule has 0 aromatic rings. The lowest BCUT2D eigenvalue weighted by molar-refractivity contribution is -0.129. The summed E-state index contributed by atoms with van der Waals surface area (Å²) in [4.78, 5) is 13.7. The van der Waals surface area contributed by atoms with E-state index in [-0.39, 0.29) is 11.9 Å². The van der Waals surface area contributed by atoms with E-state index in [4.69, 9.17) is 5.73 Å². The van der Waals surface area contributed by atoms with Crippen molar-refractivity contribution in [2.24, 2.45) is 11.7 Å². The second-order valence-corrected chi connectivity index (χ2v) is 4.40. The van der Waals surface area contributed by atoms with Gasteiger partial charge in [-0.1, -0.05) is 26.8 Å². The minimum Gasteiger partial charge on any atom is -0.401 e. The van der Waals surface area contributed by atoms with Gasteiger partial charge < -0.3 is 10.6 Å². The molecule has 1 amide bonds. The van der Waals surface area contributed by atoms with Gasteiger partial charge >= 0.3 is 0 Å². The van der Waals surface area contributed by atoms with E-state index in [1.165, 1.54) is 0 Å². The Morgan fingerprint density at radius 3 is 2.80 bits per heavy atom. The largest absolute Gasteiger partial charge is 0.401 e. The van der Waals surface area contributed by atoms with E-state index in [2.05, 4.69) is 13.5 Å². The topological polar surface area (TPSA) is 46.3 Å². The Bertz CT molecular complexity index is 250. The van der Waals surface area contributed by atoms with Gasteiger partial charge in [0.25, 0.3) is 0 Å². The van der Waals surface area contributed by atoms with Gasteiger partial charge in [0.1, 0.15) is 0 Å². The number of hydrogen-bond donors (Lipinski definition) is 1. The summed E-state index contributed by atoms with van der Waals surface area (Å²) < 4.78 is 0. The van der Waals surface area contributed by atoms with Crippen LogP contribution in [0.2, 0.25) is 0 Å². The monoisotopic (exact) mass is 210 g/mol. The molecule has 1 aliphatic rings. The number of nitrogens with zero attached hydrogens (tertiary/aromatic N) is 1. The van der Waals surface area contributed by atoms with E-state index in [1.54, 1.807) is 0 Å². The first kappa shape index (κ1) is 12.1. The Labute approximate surface area is 92.3 Å². The lowest BCUT2D eigenvalue weighted by atomic mass is 10.0. The fraction of sp³-hybridized carbons (Fsp3) is 0.750. The summed E-state index contributed by atoms with van der Waals surface area (Å²) in [5, 5.41) is 0. The van der Waals surface area contributed by atoms with E-state index in [0.29, 0.717) is 18.0 Å². The van der Waals surface area contributed by atoms with Crippen molar-refractivity contribution in [3.05, 3.63) is 12.3 Å². The summed E-state index contributed by atoms with van der Waals surface area (Å²) in [7, 11) is 0. The van der Waals surface area contributed by atoms with Crippen LogP contribution in [-0.4, -0.2) is 23.4 Å². The Balaban J connectivity index is 2.63. The van der Waals surface area contributed by atoms with Crippen LogP contribution in [0.4, 0.5) is 0 Å². The average molecular weight is 210 g/mol. The fourth-order valence-corrected chi connectivity index (χ4v) is 2.39. The molecule has 86 valence electrons. The van der Waals surface area contributed by atoms with Crippen molar-refractivity contribution in [1.82, 2.24) is 4.90 Å². The van der Waals surface area contributed by atoms with Crippen LogP contribution in [0.25, 0.3) is 0 Å². The summed E-state index contributed by atoms with van der Waals surface area (Å²) in [5.41, 5.74) is 6.33. The molecule has 0 aromatic carbocycles. The van der Waals surface area contributed by atoms with Gasteiger partial charge in [-0.3, -0.25) is 4.79 Å². The van der Waals surface area contributed by atoms with Crippen molar-refractivity contribution in [1.29, 1.82) is 0 Å². The normalized spacial score (nSPS) is 23.2. The highest BCUT2D eigenvalue weighted by atomic mass is 16.2.